The number of aliphatic carboxylic acids is 1. The van der Waals surface area contributed by atoms with Crippen molar-refractivity contribution in [3.63, 3.8) is 0 Å². The molecule has 1 unspecified atom stereocenters. The van der Waals surface area contributed by atoms with Crippen LogP contribution in [0, 0.1) is 0 Å². The Kier molecular flexibility index (Phi) is 7.89. The smallest absolute Gasteiger partial charge is 0.315 e. The van der Waals surface area contributed by atoms with Gasteiger partial charge in [-0.1, -0.05) is 30.3 Å². The molecule has 21 heavy (non-hydrogen) atoms. The molecular weight excluding hydrogens is 272 g/mol. The molecule has 2 amide bonds. The van der Waals surface area contributed by atoms with Gasteiger partial charge in [-0.05, 0) is 18.9 Å². The molecule has 1 atom stereocenters. The third-order valence-electron chi connectivity index (χ3n) is 2.71. The van der Waals surface area contributed by atoms with E-state index < -0.39 is 5.97 Å². The van der Waals surface area contributed by atoms with Gasteiger partial charge in [0.2, 0.25) is 0 Å². The lowest BCUT2D eigenvalue weighted by Gasteiger charge is -2.15. The molecule has 1 rings (SSSR count). The summed E-state index contributed by atoms with van der Waals surface area (Å²) < 4.78 is 5.52. The van der Waals surface area contributed by atoms with Gasteiger partial charge < -0.3 is 20.5 Å². The highest BCUT2D eigenvalue weighted by Gasteiger charge is 2.07. The van der Waals surface area contributed by atoms with Crippen LogP contribution in [-0.2, 0) is 16.1 Å². The van der Waals surface area contributed by atoms with Crippen LogP contribution in [0.4, 0.5) is 4.79 Å². The molecule has 0 saturated carbocycles. The summed E-state index contributed by atoms with van der Waals surface area (Å²) in [6, 6.07) is 9.38. The summed E-state index contributed by atoms with van der Waals surface area (Å²) in [6.45, 7) is 3.11. The van der Waals surface area contributed by atoms with Gasteiger partial charge in [0.15, 0.2) is 0 Å². The van der Waals surface area contributed by atoms with E-state index in [1.165, 1.54) is 0 Å². The number of hydrogen-bond acceptors (Lipinski definition) is 3. The van der Waals surface area contributed by atoms with Gasteiger partial charge in [-0.2, -0.15) is 0 Å². The summed E-state index contributed by atoms with van der Waals surface area (Å²) in [5, 5.41) is 13.8. The van der Waals surface area contributed by atoms with Crippen LogP contribution in [0.25, 0.3) is 0 Å². The molecular formula is C15H22N2O4. The fourth-order valence-corrected chi connectivity index (χ4v) is 1.69. The van der Waals surface area contributed by atoms with Crippen molar-refractivity contribution >= 4 is 12.0 Å². The number of carbonyl (C=O) groups is 2. The predicted molar refractivity (Wildman–Crippen MR) is 79.0 cm³/mol. The normalized spacial score (nSPS) is 11.7. The molecule has 0 aromatic heterocycles. The third-order valence-corrected chi connectivity index (χ3v) is 2.71. The largest absolute Gasteiger partial charge is 0.481 e. The lowest BCUT2D eigenvalue weighted by molar-refractivity contribution is -0.137. The Labute approximate surface area is 124 Å². The zero-order valence-corrected chi connectivity index (χ0v) is 12.2. The Balaban J connectivity index is 2.08. The number of carboxylic acid groups (broad SMARTS) is 1. The van der Waals surface area contributed by atoms with E-state index in [9.17, 15) is 9.59 Å². The van der Waals surface area contributed by atoms with E-state index in [1.54, 1.807) is 0 Å². The molecule has 0 radical (unpaired) electrons. The zero-order valence-electron chi connectivity index (χ0n) is 12.2. The van der Waals surface area contributed by atoms with Gasteiger partial charge in [0.05, 0.1) is 19.3 Å². The van der Waals surface area contributed by atoms with Gasteiger partial charge in [-0.15, -0.1) is 0 Å². The molecule has 0 saturated heterocycles. The fourth-order valence-electron chi connectivity index (χ4n) is 1.69. The number of hydrogen-bond donors (Lipinski definition) is 3. The maximum absolute atomic E-state index is 11.5. The highest BCUT2D eigenvalue weighted by molar-refractivity contribution is 5.74. The van der Waals surface area contributed by atoms with E-state index >= 15 is 0 Å². The summed E-state index contributed by atoms with van der Waals surface area (Å²) >= 11 is 0. The Morgan fingerprint density at radius 1 is 1.29 bits per heavy atom. The lowest BCUT2D eigenvalue weighted by Crippen LogP contribution is -2.43. The van der Waals surface area contributed by atoms with Crippen LogP contribution >= 0.6 is 0 Å². The maximum atomic E-state index is 11.5. The van der Waals surface area contributed by atoms with Gasteiger partial charge >= 0.3 is 12.0 Å². The SMILES string of the molecule is CC(COCc1ccccc1)NC(=O)NCCCC(=O)O. The fraction of sp³-hybridized carbons (Fsp3) is 0.467. The van der Waals surface area contributed by atoms with Crippen LogP contribution in [-0.4, -0.2) is 36.3 Å². The first-order valence-corrected chi connectivity index (χ1v) is 6.95. The molecule has 6 nitrogen and oxygen atoms in total. The number of ether oxygens (including phenoxy) is 1. The highest BCUT2D eigenvalue weighted by atomic mass is 16.5. The van der Waals surface area contributed by atoms with Crippen LogP contribution in [0.2, 0.25) is 0 Å². The molecule has 1 aromatic carbocycles. The van der Waals surface area contributed by atoms with Crippen molar-refractivity contribution in [1.29, 1.82) is 0 Å². The van der Waals surface area contributed by atoms with Crippen molar-refractivity contribution in [1.82, 2.24) is 10.6 Å². The van der Waals surface area contributed by atoms with Crippen molar-refractivity contribution in [3.05, 3.63) is 35.9 Å². The predicted octanol–water partition coefficient (Wildman–Crippen LogP) is 1.76. The van der Waals surface area contributed by atoms with Gasteiger partial charge in [0.25, 0.3) is 0 Å². The summed E-state index contributed by atoms with van der Waals surface area (Å²) in [7, 11) is 0. The van der Waals surface area contributed by atoms with Gasteiger partial charge in [0, 0.05) is 13.0 Å². The number of carboxylic acids is 1. The van der Waals surface area contributed by atoms with Gasteiger partial charge in [0.1, 0.15) is 0 Å². The van der Waals surface area contributed by atoms with Crippen LogP contribution < -0.4 is 10.6 Å². The second-order valence-electron chi connectivity index (χ2n) is 4.80. The minimum atomic E-state index is -0.861. The van der Waals surface area contributed by atoms with Crippen LogP contribution in [0.15, 0.2) is 30.3 Å². The van der Waals surface area contributed by atoms with E-state index in [-0.39, 0.29) is 18.5 Å². The molecule has 0 aliphatic carbocycles. The monoisotopic (exact) mass is 294 g/mol. The summed E-state index contributed by atoms with van der Waals surface area (Å²) in [6.07, 6.45) is 0.470. The second-order valence-corrected chi connectivity index (χ2v) is 4.80. The Morgan fingerprint density at radius 3 is 2.67 bits per heavy atom. The Hall–Kier alpha value is -2.08. The Morgan fingerprint density at radius 2 is 2.00 bits per heavy atom. The highest BCUT2D eigenvalue weighted by Crippen LogP contribution is 2.00. The summed E-state index contributed by atoms with van der Waals surface area (Å²) in [5.74, 6) is -0.861. The van der Waals surface area contributed by atoms with Crippen molar-refractivity contribution in [2.45, 2.75) is 32.4 Å². The van der Waals surface area contributed by atoms with E-state index in [4.69, 9.17) is 9.84 Å². The third kappa shape index (κ3) is 8.65. The lowest BCUT2D eigenvalue weighted by atomic mass is 10.2. The molecule has 0 spiro atoms. The Bertz CT molecular complexity index is 437. The first-order valence-electron chi connectivity index (χ1n) is 6.95. The number of amides is 2. The van der Waals surface area contributed by atoms with E-state index in [1.807, 2.05) is 37.3 Å². The molecule has 0 fully saturated rings. The van der Waals surface area contributed by atoms with Crippen molar-refractivity contribution in [3.8, 4) is 0 Å². The van der Waals surface area contributed by atoms with E-state index in [0.29, 0.717) is 26.2 Å². The topological polar surface area (TPSA) is 87.7 Å². The summed E-state index contributed by atoms with van der Waals surface area (Å²) in [5.41, 5.74) is 1.09. The minimum Gasteiger partial charge on any atom is -0.481 e. The quantitative estimate of drug-likeness (QED) is 0.606. The molecule has 0 bridgehead atoms. The zero-order chi connectivity index (χ0) is 15.5. The van der Waals surface area contributed by atoms with Gasteiger partial charge in [-0.25, -0.2) is 4.79 Å². The first kappa shape index (κ1) is 17.0. The average Bonchev–Trinajstić information content (AvgIpc) is 2.44. The van der Waals surface area contributed by atoms with E-state index in [0.717, 1.165) is 5.56 Å². The van der Waals surface area contributed by atoms with Crippen molar-refractivity contribution in [2.24, 2.45) is 0 Å². The summed E-state index contributed by atoms with van der Waals surface area (Å²) in [4.78, 5) is 21.8. The molecule has 116 valence electrons. The number of benzene rings is 1. The van der Waals surface area contributed by atoms with Crippen LogP contribution in [0.3, 0.4) is 0 Å². The number of rotatable bonds is 9. The average molecular weight is 294 g/mol. The van der Waals surface area contributed by atoms with Crippen molar-refractivity contribution < 1.29 is 19.4 Å². The molecule has 0 aliphatic heterocycles. The second kappa shape index (κ2) is 9.77. The molecule has 0 aliphatic rings. The molecule has 0 heterocycles. The minimum absolute atomic E-state index is 0.0516. The maximum Gasteiger partial charge on any atom is 0.315 e. The van der Waals surface area contributed by atoms with Crippen LogP contribution in [0.5, 0.6) is 0 Å². The molecule has 3 N–H and O–H groups in total. The van der Waals surface area contributed by atoms with E-state index in [2.05, 4.69) is 10.6 Å². The standard InChI is InChI=1S/C15H22N2O4/c1-12(10-21-11-13-6-3-2-4-7-13)17-15(20)16-9-5-8-14(18)19/h2-4,6-7,12H,5,8-11H2,1H3,(H,18,19)(H2,16,17,20). The van der Waals surface area contributed by atoms with Crippen LogP contribution in [0.1, 0.15) is 25.3 Å². The number of urea groups is 1. The van der Waals surface area contributed by atoms with Crippen molar-refractivity contribution in [2.75, 3.05) is 13.2 Å². The number of nitrogens with one attached hydrogen (secondary N) is 2. The molecule has 6 heteroatoms. The molecule has 1 aromatic rings. The first-order chi connectivity index (χ1) is 10.1. The van der Waals surface area contributed by atoms with Gasteiger partial charge in [-0.3, -0.25) is 4.79 Å². The number of carbonyl (C=O) groups excluding carboxylic acids is 1.